The number of rotatable bonds is 7. The number of alkyl halides is 2. The van der Waals surface area contributed by atoms with Crippen molar-refractivity contribution in [2.45, 2.75) is 25.3 Å². The molecule has 228 valence electrons. The number of amides is 2. The zero-order chi connectivity index (χ0) is 31.6. The highest BCUT2D eigenvalue weighted by atomic mass is 35.5. The zero-order valence-corrected chi connectivity index (χ0v) is 24.9. The Morgan fingerprint density at radius 2 is 1.76 bits per heavy atom. The monoisotopic (exact) mass is 626 g/mol. The molecular weight excluding hydrogens is 598 g/mol. The fourth-order valence-corrected chi connectivity index (χ4v) is 5.47. The molecule has 0 atom stereocenters. The first-order valence-electron chi connectivity index (χ1n) is 14.4. The lowest BCUT2D eigenvalue weighted by molar-refractivity contribution is -0.116. The number of benzene rings is 3. The van der Waals surface area contributed by atoms with Gasteiger partial charge in [-0.1, -0.05) is 35.9 Å². The van der Waals surface area contributed by atoms with Gasteiger partial charge in [-0.15, -0.1) is 0 Å². The predicted molar refractivity (Wildman–Crippen MR) is 172 cm³/mol. The second-order valence-corrected chi connectivity index (χ2v) is 11.4. The number of hydrogen-bond acceptors (Lipinski definition) is 5. The van der Waals surface area contributed by atoms with Crippen LogP contribution < -0.4 is 11.1 Å². The number of nitrogens with one attached hydrogen (secondary N) is 1. The fourth-order valence-electron chi connectivity index (χ4n) is 5.28. The Morgan fingerprint density at radius 1 is 0.978 bits per heavy atom. The van der Waals surface area contributed by atoms with Crippen molar-refractivity contribution < 1.29 is 22.8 Å². The van der Waals surface area contributed by atoms with Crippen LogP contribution in [-0.2, 0) is 11.3 Å². The van der Waals surface area contributed by atoms with E-state index in [4.69, 9.17) is 21.8 Å². The third-order valence-electron chi connectivity index (χ3n) is 7.72. The molecule has 0 spiro atoms. The minimum Gasteiger partial charge on any atom is -0.459 e. The number of carbonyl (C=O) groups is 2. The van der Waals surface area contributed by atoms with Gasteiger partial charge in [-0.3, -0.25) is 9.59 Å². The lowest BCUT2D eigenvalue weighted by atomic mass is 9.96. The summed E-state index contributed by atoms with van der Waals surface area (Å²) in [5.41, 5.74) is 10.9. The van der Waals surface area contributed by atoms with Crippen LogP contribution in [0.15, 0.2) is 95.6 Å². The van der Waals surface area contributed by atoms with Gasteiger partial charge in [-0.05, 0) is 82.9 Å². The number of likely N-dealkylation sites (tertiary alicyclic amines) is 1. The van der Waals surface area contributed by atoms with Crippen LogP contribution >= 0.6 is 11.6 Å². The Morgan fingerprint density at radius 3 is 2.47 bits per heavy atom. The maximum absolute atomic E-state index is 13.6. The van der Waals surface area contributed by atoms with Crippen molar-refractivity contribution in [2.75, 3.05) is 18.8 Å². The molecule has 0 aliphatic carbocycles. The predicted octanol–water partition coefficient (Wildman–Crippen LogP) is 7.60. The van der Waals surface area contributed by atoms with Crippen molar-refractivity contribution in [2.24, 2.45) is 0 Å². The summed E-state index contributed by atoms with van der Waals surface area (Å²) in [4.78, 5) is 30.9. The first-order chi connectivity index (χ1) is 21.6. The quantitative estimate of drug-likeness (QED) is 0.181. The van der Waals surface area contributed by atoms with E-state index in [0.717, 1.165) is 33.2 Å². The number of nitrogen functional groups attached to an aromatic ring is 1. The Hall–Kier alpha value is -5.02. The molecule has 3 heterocycles. The summed E-state index contributed by atoms with van der Waals surface area (Å²) in [5, 5.41) is 4.24. The van der Waals surface area contributed by atoms with Crippen molar-refractivity contribution in [1.82, 2.24) is 15.2 Å². The van der Waals surface area contributed by atoms with Gasteiger partial charge in [-0.25, -0.2) is 13.8 Å². The van der Waals surface area contributed by atoms with Crippen LogP contribution in [0.3, 0.4) is 0 Å². The normalized spacial score (nSPS) is 14.6. The standard InChI is InChI=1S/C35H29ClF2N4O3/c36-28-3-1-2-25(17-28)30-19-26(23-6-8-24(9-7-23)34(44)42-14-12-35(37,38)13-15-42)16-27-18-29(45-33(27)30)21-41-32(43)11-5-22-4-10-31(39)40-20-22/h1-11,16-20H,12-15,21H2,(H2,39,40)(H,41,43)/b11-5+. The largest absolute Gasteiger partial charge is 0.459 e. The Bertz CT molecular complexity index is 1890. The summed E-state index contributed by atoms with van der Waals surface area (Å²) in [6.07, 6.45) is 4.00. The maximum Gasteiger partial charge on any atom is 0.253 e. The molecule has 10 heteroatoms. The average molecular weight is 627 g/mol. The smallest absolute Gasteiger partial charge is 0.253 e. The molecule has 6 rings (SSSR count). The lowest BCUT2D eigenvalue weighted by Crippen LogP contribution is -2.42. The fraction of sp³-hybridized carbons (Fsp3) is 0.171. The molecule has 0 unspecified atom stereocenters. The van der Waals surface area contributed by atoms with Crippen molar-refractivity contribution in [1.29, 1.82) is 0 Å². The van der Waals surface area contributed by atoms with E-state index in [1.165, 1.54) is 11.0 Å². The molecule has 2 aromatic heterocycles. The Kier molecular flexibility index (Phi) is 8.36. The molecule has 1 aliphatic rings. The van der Waals surface area contributed by atoms with Gasteiger partial charge in [0.25, 0.3) is 11.8 Å². The average Bonchev–Trinajstić information content (AvgIpc) is 3.46. The van der Waals surface area contributed by atoms with Crippen LogP contribution in [0, 0.1) is 0 Å². The summed E-state index contributed by atoms with van der Waals surface area (Å²) in [6, 6.07) is 23.9. The first kappa shape index (κ1) is 30.0. The van der Waals surface area contributed by atoms with Crippen LogP contribution in [0.2, 0.25) is 5.02 Å². The summed E-state index contributed by atoms with van der Waals surface area (Å²) in [6.45, 7) is 0.237. The molecule has 7 nitrogen and oxygen atoms in total. The molecule has 5 aromatic rings. The van der Waals surface area contributed by atoms with E-state index in [1.807, 2.05) is 48.5 Å². The van der Waals surface area contributed by atoms with Crippen LogP contribution in [0.1, 0.15) is 34.5 Å². The van der Waals surface area contributed by atoms with Gasteiger partial charge in [-0.2, -0.15) is 0 Å². The van der Waals surface area contributed by atoms with Gasteiger partial charge >= 0.3 is 0 Å². The molecular formula is C35H29ClF2N4O3. The number of fused-ring (bicyclic) bond motifs is 1. The summed E-state index contributed by atoms with van der Waals surface area (Å²) in [5.74, 6) is -2.30. The molecule has 1 fully saturated rings. The zero-order valence-electron chi connectivity index (χ0n) is 24.1. The van der Waals surface area contributed by atoms with E-state index in [9.17, 15) is 18.4 Å². The molecule has 0 saturated carbocycles. The SMILES string of the molecule is Nc1ccc(/C=C/C(=O)NCc2cc3cc(-c4ccc(C(=O)N5CCC(F)(F)CC5)cc4)cc(-c4cccc(Cl)c4)c3o2)cn1. The molecule has 0 bridgehead atoms. The van der Waals surface area contributed by atoms with Gasteiger partial charge < -0.3 is 20.4 Å². The maximum atomic E-state index is 13.6. The Labute approximate surface area is 263 Å². The molecule has 1 aliphatic heterocycles. The number of furan rings is 1. The van der Waals surface area contributed by atoms with Crippen molar-refractivity contribution in [3.8, 4) is 22.3 Å². The summed E-state index contributed by atoms with van der Waals surface area (Å²) >= 11 is 6.33. The van der Waals surface area contributed by atoms with Crippen molar-refractivity contribution >= 4 is 46.3 Å². The highest BCUT2D eigenvalue weighted by Crippen LogP contribution is 2.37. The van der Waals surface area contributed by atoms with Gasteiger partial charge in [0, 0.05) is 59.7 Å². The van der Waals surface area contributed by atoms with E-state index >= 15 is 0 Å². The molecule has 1 saturated heterocycles. The third-order valence-corrected chi connectivity index (χ3v) is 7.96. The van der Waals surface area contributed by atoms with E-state index in [0.29, 0.717) is 27.7 Å². The van der Waals surface area contributed by atoms with E-state index in [2.05, 4.69) is 10.3 Å². The number of halogens is 3. The van der Waals surface area contributed by atoms with Crippen molar-refractivity contribution in [3.63, 3.8) is 0 Å². The summed E-state index contributed by atoms with van der Waals surface area (Å²) in [7, 11) is 0. The van der Waals surface area contributed by atoms with Crippen LogP contribution in [0.4, 0.5) is 14.6 Å². The molecule has 2 amide bonds. The van der Waals surface area contributed by atoms with Gasteiger partial charge in [0.15, 0.2) is 0 Å². The number of nitrogens with zero attached hydrogens (tertiary/aromatic N) is 2. The van der Waals surface area contributed by atoms with E-state index < -0.39 is 5.92 Å². The first-order valence-corrected chi connectivity index (χ1v) is 14.8. The minimum atomic E-state index is -2.72. The van der Waals surface area contributed by atoms with Crippen LogP contribution in [0.25, 0.3) is 39.3 Å². The van der Waals surface area contributed by atoms with Gasteiger partial charge in [0.05, 0.1) is 6.54 Å². The second-order valence-electron chi connectivity index (χ2n) is 11.0. The van der Waals surface area contributed by atoms with Crippen LogP contribution in [-0.4, -0.2) is 40.7 Å². The molecule has 3 N–H and O–H groups in total. The van der Waals surface area contributed by atoms with Crippen molar-refractivity contribution in [3.05, 3.63) is 113 Å². The highest BCUT2D eigenvalue weighted by Gasteiger charge is 2.35. The molecule has 3 aromatic carbocycles. The van der Waals surface area contributed by atoms with Crippen LogP contribution in [0.5, 0.6) is 0 Å². The number of hydrogen-bond donors (Lipinski definition) is 2. The molecule has 0 radical (unpaired) electrons. The number of anilines is 1. The molecule has 45 heavy (non-hydrogen) atoms. The van der Waals surface area contributed by atoms with Gasteiger partial charge in [0.1, 0.15) is 17.2 Å². The minimum absolute atomic E-state index is 0.0346. The topological polar surface area (TPSA) is 101 Å². The van der Waals surface area contributed by atoms with E-state index in [-0.39, 0.29) is 44.3 Å². The highest BCUT2D eigenvalue weighted by molar-refractivity contribution is 6.30. The summed E-state index contributed by atoms with van der Waals surface area (Å²) < 4.78 is 33.4. The van der Waals surface area contributed by atoms with E-state index in [1.54, 1.807) is 42.6 Å². The number of pyridine rings is 1. The number of carbonyl (C=O) groups excluding carboxylic acids is 2. The third kappa shape index (κ3) is 7.05. The number of aromatic nitrogens is 1. The van der Waals surface area contributed by atoms with Gasteiger partial charge in [0.2, 0.25) is 5.91 Å². The number of piperidine rings is 1. The Balaban J connectivity index is 1.25. The number of nitrogens with two attached hydrogens (primary N) is 1. The lowest BCUT2D eigenvalue weighted by Gasteiger charge is -2.31. The second kappa shape index (κ2) is 12.5.